The number of nitrogens with zero attached hydrogens (tertiary/aromatic N) is 2. The Morgan fingerprint density at radius 2 is 1.43 bits per heavy atom. The second kappa shape index (κ2) is 8.72. The van der Waals surface area contributed by atoms with Gasteiger partial charge in [-0.15, -0.1) is 0 Å². The molecule has 0 aliphatic carbocycles. The minimum absolute atomic E-state index is 0.113. The topological polar surface area (TPSA) is 44.0 Å². The molecule has 0 aliphatic rings. The second-order valence-corrected chi connectivity index (χ2v) is 12.4. The summed E-state index contributed by atoms with van der Waals surface area (Å²) >= 11 is 3.69. The van der Waals surface area contributed by atoms with Gasteiger partial charge < -0.3 is 0 Å². The molecule has 4 aromatic rings. The summed E-state index contributed by atoms with van der Waals surface area (Å²) in [6, 6.07) is 12.2. The zero-order valence-electron chi connectivity index (χ0n) is 15.6. The third kappa shape index (κ3) is 4.24. The predicted octanol–water partition coefficient (Wildman–Crippen LogP) is 3.76. The van der Waals surface area contributed by atoms with E-state index in [1.54, 1.807) is 0 Å². The zero-order valence-corrected chi connectivity index (χ0v) is 20.6. The maximum atomic E-state index is 12.5. The molecule has 0 saturated carbocycles. The summed E-state index contributed by atoms with van der Waals surface area (Å²) in [6.45, 7) is 3.76. The van der Waals surface area contributed by atoms with Crippen LogP contribution in [-0.2, 0) is 13.1 Å². The number of hydrogen-bond acceptors (Lipinski definition) is 2. The van der Waals surface area contributed by atoms with Gasteiger partial charge >= 0.3 is 185 Å². The number of hydrogen-bond donors (Lipinski definition) is 0. The molecule has 0 saturated heterocycles. The first-order chi connectivity index (χ1) is 13.5. The van der Waals surface area contributed by atoms with Crippen molar-refractivity contribution in [3.63, 3.8) is 0 Å². The van der Waals surface area contributed by atoms with Crippen molar-refractivity contribution in [1.82, 2.24) is 7.12 Å². The van der Waals surface area contributed by atoms with Gasteiger partial charge in [0.2, 0.25) is 0 Å². The van der Waals surface area contributed by atoms with Crippen molar-refractivity contribution in [3.05, 3.63) is 67.1 Å². The van der Waals surface area contributed by atoms with Crippen molar-refractivity contribution in [2.75, 3.05) is 0 Å². The molecular weight excluding hydrogens is 550 g/mol. The molecule has 2 heterocycles. The first-order valence-corrected chi connectivity index (χ1v) is 13.5. The van der Waals surface area contributed by atoms with Gasteiger partial charge in [-0.3, -0.25) is 0 Å². The molecule has 0 aliphatic heterocycles. The van der Waals surface area contributed by atoms with Crippen LogP contribution in [0.3, 0.4) is 0 Å². The van der Waals surface area contributed by atoms with Gasteiger partial charge in [0.05, 0.1) is 0 Å². The van der Waals surface area contributed by atoms with Crippen LogP contribution in [0.25, 0.3) is 19.3 Å². The van der Waals surface area contributed by atoms with E-state index in [1.807, 2.05) is 31.4 Å². The summed E-state index contributed by atoms with van der Waals surface area (Å²) in [5.41, 5.74) is 1.60. The molecule has 0 N–H and O–H groups in total. The number of benzene rings is 2. The van der Waals surface area contributed by atoms with Gasteiger partial charge in [0.15, 0.2) is 0 Å². The molecule has 0 fully saturated rings. The minimum atomic E-state index is 0.113. The maximum absolute atomic E-state index is 12.5. The average molecular weight is 571 g/mol. The Kier molecular flexibility index (Phi) is 6.29. The standard InChI is InChI=1S/C21H21BrN2O2Se2/c1-14-6-8-16-19(12-14)28-23(20(16)25)10-4-2-3-5-11-24-21(26)17-13-15(22)7-9-18(17)27-24/h6-9,12-13H,2-5,10-11H2,1H3. The first kappa shape index (κ1) is 20.2. The van der Waals surface area contributed by atoms with Gasteiger partial charge in [0, 0.05) is 0 Å². The molecular formula is C21H21BrN2O2Se2. The zero-order chi connectivity index (χ0) is 19.7. The molecule has 2 aromatic carbocycles. The molecule has 0 radical (unpaired) electrons. The Labute approximate surface area is 183 Å². The summed E-state index contributed by atoms with van der Waals surface area (Å²) in [7, 11) is 0. The van der Waals surface area contributed by atoms with E-state index in [1.165, 1.54) is 14.1 Å². The number of rotatable bonds is 7. The van der Waals surface area contributed by atoms with E-state index >= 15 is 0 Å². The summed E-state index contributed by atoms with van der Waals surface area (Å²) in [5.74, 6) is 0. The van der Waals surface area contributed by atoms with Crippen molar-refractivity contribution in [2.45, 2.75) is 45.7 Å². The summed E-state index contributed by atoms with van der Waals surface area (Å²) in [5, 5.41) is 1.76. The van der Waals surface area contributed by atoms with Crippen LogP contribution < -0.4 is 11.1 Å². The van der Waals surface area contributed by atoms with Crippen LogP contribution in [0.1, 0.15) is 31.2 Å². The molecule has 0 spiro atoms. The Morgan fingerprint density at radius 3 is 2.14 bits per heavy atom. The summed E-state index contributed by atoms with van der Waals surface area (Å²) in [6.07, 6.45) is 4.26. The molecule has 4 rings (SSSR count). The van der Waals surface area contributed by atoms with E-state index in [2.05, 4.69) is 35.0 Å². The van der Waals surface area contributed by atoms with E-state index in [0.29, 0.717) is 0 Å². The van der Waals surface area contributed by atoms with Crippen molar-refractivity contribution in [3.8, 4) is 0 Å². The fourth-order valence-electron chi connectivity index (χ4n) is 3.38. The first-order valence-electron chi connectivity index (χ1n) is 9.43. The summed E-state index contributed by atoms with van der Waals surface area (Å²) < 4.78 is 7.41. The molecule has 0 unspecified atom stereocenters. The molecule has 0 bridgehead atoms. The third-order valence-electron chi connectivity index (χ3n) is 4.88. The van der Waals surface area contributed by atoms with Crippen molar-refractivity contribution < 1.29 is 0 Å². The monoisotopic (exact) mass is 572 g/mol. The van der Waals surface area contributed by atoms with Crippen LogP contribution in [0, 0.1) is 6.92 Å². The van der Waals surface area contributed by atoms with E-state index in [0.717, 1.165) is 54.0 Å². The number of aryl methyl sites for hydroxylation is 3. The number of aromatic nitrogens is 2. The third-order valence-corrected chi connectivity index (χ3v) is 10.0. The van der Waals surface area contributed by atoms with Crippen LogP contribution in [0.5, 0.6) is 0 Å². The van der Waals surface area contributed by atoms with Crippen LogP contribution in [-0.4, -0.2) is 36.6 Å². The fraction of sp³-hybridized carbons (Fsp3) is 0.333. The van der Waals surface area contributed by atoms with Gasteiger partial charge in [-0.1, -0.05) is 0 Å². The number of fused-ring (bicyclic) bond motifs is 2. The Bertz CT molecular complexity index is 1240. The van der Waals surface area contributed by atoms with Crippen molar-refractivity contribution in [2.24, 2.45) is 0 Å². The van der Waals surface area contributed by atoms with E-state index in [4.69, 9.17) is 0 Å². The molecule has 146 valence electrons. The molecule has 0 amide bonds. The molecule has 7 heteroatoms. The normalized spacial score (nSPS) is 11.6. The Morgan fingerprint density at radius 1 is 0.786 bits per heavy atom. The van der Waals surface area contributed by atoms with E-state index in [-0.39, 0.29) is 40.6 Å². The number of unbranched alkanes of at least 4 members (excludes halogenated alkanes) is 3. The average Bonchev–Trinajstić information content (AvgIpc) is 3.15. The van der Waals surface area contributed by atoms with Crippen LogP contribution in [0.2, 0.25) is 0 Å². The Hall–Kier alpha value is -1.10. The van der Waals surface area contributed by atoms with Crippen LogP contribution >= 0.6 is 15.9 Å². The predicted molar refractivity (Wildman–Crippen MR) is 121 cm³/mol. The quantitative estimate of drug-likeness (QED) is 0.251. The van der Waals surface area contributed by atoms with Crippen LogP contribution in [0.4, 0.5) is 0 Å². The number of halogens is 1. The van der Waals surface area contributed by atoms with E-state index < -0.39 is 0 Å². The summed E-state index contributed by atoms with van der Waals surface area (Å²) in [4.78, 5) is 25.0. The van der Waals surface area contributed by atoms with Gasteiger partial charge in [-0.05, 0) is 0 Å². The molecule has 2 aromatic heterocycles. The second-order valence-electron chi connectivity index (χ2n) is 7.05. The molecule has 4 nitrogen and oxygen atoms in total. The van der Waals surface area contributed by atoms with Crippen molar-refractivity contribution in [1.29, 1.82) is 0 Å². The van der Waals surface area contributed by atoms with Gasteiger partial charge in [-0.25, -0.2) is 0 Å². The molecule has 0 atom stereocenters. The van der Waals surface area contributed by atoms with Crippen LogP contribution in [0.15, 0.2) is 50.5 Å². The van der Waals surface area contributed by atoms with Gasteiger partial charge in [0.1, 0.15) is 0 Å². The van der Waals surface area contributed by atoms with Crippen molar-refractivity contribution >= 4 is 64.7 Å². The Balaban J connectivity index is 1.29. The SMILES string of the molecule is Cc1ccc2c(=O)n(CCCCCCn3[se]c4ccc(Br)cc4c3=O)[se]c2c1. The fourth-order valence-corrected chi connectivity index (χ4v) is 8.24. The van der Waals surface area contributed by atoms with Gasteiger partial charge in [-0.2, -0.15) is 0 Å². The molecule has 28 heavy (non-hydrogen) atoms. The van der Waals surface area contributed by atoms with Gasteiger partial charge in [0.25, 0.3) is 0 Å². The van der Waals surface area contributed by atoms with E-state index in [9.17, 15) is 9.59 Å².